The lowest BCUT2D eigenvalue weighted by Gasteiger charge is -2.04. The van der Waals surface area contributed by atoms with E-state index in [1.165, 1.54) is 13.8 Å². The largest absolute Gasteiger partial charge is 0.480 e. The van der Waals surface area contributed by atoms with Crippen molar-refractivity contribution < 1.29 is 19.8 Å². The van der Waals surface area contributed by atoms with Crippen molar-refractivity contribution in [3.63, 3.8) is 0 Å². The second kappa shape index (κ2) is 5.85. The maximum absolute atomic E-state index is 12.4. The number of hydrogen-bond acceptors (Lipinski definition) is 8. The van der Waals surface area contributed by atoms with Gasteiger partial charge in [0, 0.05) is 0 Å². The molecule has 0 saturated heterocycles. The predicted molar refractivity (Wildman–Crippen MR) is 94.1 cm³/mol. The van der Waals surface area contributed by atoms with E-state index < -0.39 is 46.3 Å². The first-order valence-corrected chi connectivity index (χ1v) is 8.76. The fraction of sp³-hybridized carbons (Fsp3) is 0.286. The van der Waals surface area contributed by atoms with Crippen LogP contribution >= 0.6 is 22.7 Å². The van der Waals surface area contributed by atoms with Crippen molar-refractivity contribution in [1.29, 1.82) is 0 Å². The minimum absolute atomic E-state index is 0.141. The monoisotopic (exact) mass is 398 g/mol. The molecule has 3 aromatic rings. The van der Waals surface area contributed by atoms with Crippen LogP contribution in [0.1, 0.15) is 25.9 Å². The first kappa shape index (κ1) is 17.9. The highest BCUT2D eigenvalue weighted by Gasteiger charge is 2.27. The highest BCUT2D eigenvalue weighted by molar-refractivity contribution is 7.36. The van der Waals surface area contributed by atoms with Crippen molar-refractivity contribution in [3.8, 4) is 0 Å². The van der Waals surface area contributed by atoms with Crippen LogP contribution in [0.25, 0.3) is 18.8 Å². The molecule has 3 rings (SSSR count). The molecular weight excluding hydrogens is 388 g/mol. The summed E-state index contributed by atoms with van der Waals surface area (Å²) in [4.78, 5) is 71.9. The minimum atomic E-state index is -1.41. The first-order valence-electron chi connectivity index (χ1n) is 7.13. The van der Waals surface area contributed by atoms with Gasteiger partial charge in [-0.3, -0.25) is 28.3 Å². The Morgan fingerprint density at radius 2 is 0.923 bits per heavy atom. The molecule has 2 N–H and O–H groups in total. The number of hydrogen-bond donors (Lipinski definition) is 2. The zero-order valence-corrected chi connectivity index (χ0v) is 14.8. The number of fused-ring (bicyclic) bond motifs is 2. The maximum atomic E-state index is 12.4. The summed E-state index contributed by atoms with van der Waals surface area (Å²) in [5.41, 5.74) is -3.47. The van der Waals surface area contributed by atoms with E-state index in [2.05, 4.69) is 0 Å². The average molecular weight is 398 g/mol. The van der Waals surface area contributed by atoms with Crippen LogP contribution < -0.4 is 22.2 Å². The average Bonchev–Trinajstić information content (AvgIpc) is 2.97. The lowest BCUT2D eigenvalue weighted by Crippen LogP contribution is -2.33. The molecule has 10 nitrogen and oxygen atoms in total. The van der Waals surface area contributed by atoms with Crippen molar-refractivity contribution in [2.75, 3.05) is 0 Å². The molecule has 136 valence electrons. The second-order valence-corrected chi connectivity index (χ2v) is 7.55. The molecule has 0 aliphatic heterocycles. The summed E-state index contributed by atoms with van der Waals surface area (Å²) in [6, 6.07) is -2.82. The van der Waals surface area contributed by atoms with Crippen LogP contribution in [-0.4, -0.2) is 31.3 Å². The molecule has 0 spiro atoms. The van der Waals surface area contributed by atoms with Crippen molar-refractivity contribution >= 4 is 53.4 Å². The van der Waals surface area contributed by atoms with Gasteiger partial charge >= 0.3 is 11.9 Å². The Morgan fingerprint density at radius 3 is 1.12 bits per heavy atom. The first-order chi connectivity index (χ1) is 12.1. The van der Waals surface area contributed by atoms with Gasteiger partial charge in [0.15, 0.2) is 0 Å². The molecule has 0 amide bonds. The van der Waals surface area contributed by atoms with E-state index in [0.717, 1.165) is 0 Å². The number of aromatic nitrogens is 2. The summed E-state index contributed by atoms with van der Waals surface area (Å²) in [7, 11) is 0. The number of carboxylic acids is 2. The Hall–Kier alpha value is -2.86. The quantitative estimate of drug-likeness (QED) is 0.617. The molecule has 0 aliphatic rings. The Labute approximate surface area is 150 Å². The molecule has 0 radical (unpaired) electrons. The van der Waals surface area contributed by atoms with Gasteiger partial charge in [-0.1, -0.05) is 0 Å². The van der Waals surface area contributed by atoms with E-state index in [4.69, 9.17) is 10.2 Å². The molecule has 0 saturated carbocycles. The summed E-state index contributed by atoms with van der Waals surface area (Å²) >= 11 is 1.18. The van der Waals surface area contributed by atoms with Gasteiger partial charge in [0.25, 0.3) is 22.2 Å². The lowest BCUT2D eigenvalue weighted by molar-refractivity contribution is -0.141. The molecule has 2 atom stereocenters. The number of rotatable bonds is 4. The van der Waals surface area contributed by atoms with Crippen molar-refractivity contribution in [3.05, 3.63) is 41.4 Å². The molecule has 3 aromatic heterocycles. The molecule has 0 bridgehead atoms. The third kappa shape index (κ3) is 2.29. The fourth-order valence-corrected chi connectivity index (χ4v) is 4.87. The lowest BCUT2D eigenvalue weighted by atomic mass is 10.3. The van der Waals surface area contributed by atoms with Crippen LogP contribution in [0.3, 0.4) is 0 Å². The highest BCUT2D eigenvalue weighted by Crippen LogP contribution is 2.27. The minimum Gasteiger partial charge on any atom is -0.480 e. The highest BCUT2D eigenvalue weighted by atomic mass is 32.1. The standard InChI is InChI=1S/C14H10N2O8S2/c1-3(13(21)22)15-9(17)5-6(10(15)18)26-8-7(25-5)11(19)16(12(8)20)4(2)14(23)24/h3-4H,1-2H3,(H,21,22)(H,23,24). The second-order valence-electron chi connectivity index (χ2n) is 5.51. The molecule has 0 aliphatic carbocycles. The molecule has 26 heavy (non-hydrogen) atoms. The number of carbonyl (C=O) groups is 2. The number of aliphatic carboxylic acids is 2. The van der Waals surface area contributed by atoms with Gasteiger partial charge in [0.2, 0.25) is 0 Å². The van der Waals surface area contributed by atoms with Crippen molar-refractivity contribution in [2.45, 2.75) is 25.9 Å². The summed E-state index contributed by atoms with van der Waals surface area (Å²) in [6.07, 6.45) is 0. The Kier molecular flexibility index (Phi) is 4.04. The molecule has 0 fully saturated rings. The predicted octanol–water partition coefficient (Wildman–Crippen LogP) is -0.111. The fourth-order valence-electron chi connectivity index (χ4n) is 2.50. The number of nitrogens with zero attached hydrogens (tertiary/aromatic N) is 2. The number of carboxylic acid groups (broad SMARTS) is 2. The third-order valence-corrected chi connectivity index (χ3v) is 6.55. The van der Waals surface area contributed by atoms with Crippen molar-refractivity contribution in [1.82, 2.24) is 9.13 Å². The Balaban J connectivity index is 2.46. The molecular formula is C14H10N2O8S2. The van der Waals surface area contributed by atoms with Gasteiger partial charge < -0.3 is 10.2 Å². The Bertz CT molecular complexity index is 1130. The summed E-state index contributed by atoms with van der Waals surface area (Å²) in [5.74, 6) is -2.76. The van der Waals surface area contributed by atoms with E-state index in [1.807, 2.05) is 0 Å². The third-order valence-electron chi connectivity index (χ3n) is 3.96. The van der Waals surface area contributed by atoms with E-state index in [-0.39, 0.29) is 18.8 Å². The van der Waals surface area contributed by atoms with Crippen LogP contribution in [0.15, 0.2) is 19.2 Å². The summed E-state index contributed by atoms with van der Waals surface area (Å²) < 4.78 is 0.551. The molecule has 0 aromatic carbocycles. The van der Waals surface area contributed by atoms with E-state index in [9.17, 15) is 28.8 Å². The molecule has 2 unspecified atom stereocenters. The zero-order chi connectivity index (χ0) is 19.5. The molecule has 12 heteroatoms. The van der Waals surface area contributed by atoms with E-state index >= 15 is 0 Å². The van der Waals surface area contributed by atoms with E-state index in [1.54, 1.807) is 0 Å². The van der Waals surface area contributed by atoms with Crippen molar-refractivity contribution in [2.24, 2.45) is 0 Å². The topological polar surface area (TPSA) is 153 Å². The van der Waals surface area contributed by atoms with Gasteiger partial charge in [-0.15, -0.1) is 22.7 Å². The van der Waals surface area contributed by atoms with Crippen LogP contribution in [0, 0.1) is 0 Å². The Morgan fingerprint density at radius 1 is 0.692 bits per heavy atom. The SMILES string of the molecule is CC(C(=O)O)n1c(=O)c2sc3c(=O)n(C(C)C(=O)O)c(=O)c3sc2c1=O. The van der Waals surface area contributed by atoms with Crippen LogP contribution in [0.2, 0.25) is 0 Å². The van der Waals surface area contributed by atoms with E-state index in [0.29, 0.717) is 31.8 Å². The summed E-state index contributed by atoms with van der Waals surface area (Å²) in [6.45, 7) is 2.33. The van der Waals surface area contributed by atoms with Crippen LogP contribution in [0.4, 0.5) is 0 Å². The summed E-state index contributed by atoms with van der Waals surface area (Å²) in [5, 5.41) is 18.1. The van der Waals surface area contributed by atoms with Crippen LogP contribution in [0.5, 0.6) is 0 Å². The van der Waals surface area contributed by atoms with Gasteiger partial charge in [0.05, 0.1) is 0 Å². The van der Waals surface area contributed by atoms with Gasteiger partial charge in [-0.25, -0.2) is 9.59 Å². The van der Waals surface area contributed by atoms with Crippen LogP contribution in [-0.2, 0) is 9.59 Å². The zero-order valence-electron chi connectivity index (χ0n) is 13.2. The molecule has 3 heterocycles. The normalized spacial score (nSPS) is 13.9. The maximum Gasteiger partial charge on any atom is 0.326 e. The van der Waals surface area contributed by atoms with Gasteiger partial charge in [-0.05, 0) is 13.8 Å². The smallest absolute Gasteiger partial charge is 0.326 e. The van der Waals surface area contributed by atoms with Gasteiger partial charge in [-0.2, -0.15) is 0 Å². The van der Waals surface area contributed by atoms with Gasteiger partial charge in [0.1, 0.15) is 30.9 Å².